The van der Waals surface area contributed by atoms with Crippen molar-refractivity contribution >= 4 is 46.9 Å². The number of rotatable bonds is 11. The van der Waals surface area contributed by atoms with E-state index in [9.17, 15) is 5.11 Å². The minimum absolute atomic E-state index is 0. The van der Waals surface area contributed by atoms with Gasteiger partial charge in [-0.3, -0.25) is 0 Å². The maximum absolute atomic E-state index is 11.1. The van der Waals surface area contributed by atoms with Gasteiger partial charge in [-0.1, -0.05) is 73.9 Å². The van der Waals surface area contributed by atoms with Crippen molar-refractivity contribution in [2.75, 3.05) is 41.3 Å². The number of nitrogens with zero attached hydrogens (tertiary/aromatic N) is 1. The minimum Gasteiger partial charge on any atom is -0.497 e. The third-order valence-corrected chi connectivity index (χ3v) is 8.93. The lowest BCUT2D eigenvalue weighted by atomic mass is 9.72. The summed E-state index contributed by atoms with van der Waals surface area (Å²) < 4.78 is 11.6. The molecule has 1 aliphatic rings. The van der Waals surface area contributed by atoms with Crippen LogP contribution in [0.5, 0.6) is 11.5 Å². The summed E-state index contributed by atoms with van der Waals surface area (Å²) in [5.41, 5.74) is 0.654. The van der Waals surface area contributed by atoms with Crippen LogP contribution in [0.1, 0.15) is 61.0 Å². The number of fused-ring (bicyclic) bond motifs is 1. The highest BCUT2D eigenvalue weighted by molar-refractivity contribution is 7.10. The second-order valence-electron chi connectivity index (χ2n) is 11.2. The van der Waals surface area contributed by atoms with Gasteiger partial charge in [0, 0.05) is 29.1 Å². The van der Waals surface area contributed by atoms with Crippen LogP contribution in [0.2, 0.25) is 0 Å². The van der Waals surface area contributed by atoms with Crippen LogP contribution in [-0.4, -0.2) is 56.9 Å². The van der Waals surface area contributed by atoms with Crippen LogP contribution >= 0.6 is 36.2 Å². The first-order valence-electron chi connectivity index (χ1n) is 14.8. The number of hydrogen-bond donors (Lipinski definition) is 2. The molecule has 0 spiro atoms. The van der Waals surface area contributed by atoms with E-state index in [1.807, 2.05) is 19.2 Å². The molecule has 0 radical (unpaired) electrons. The Bertz CT molecular complexity index is 1310. The van der Waals surface area contributed by atoms with Crippen LogP contribution in [0.3, 0.4) is 0 Å². The number of methoxy groups -OCH3 is 1. The third kappa shape index (κ3) is 10.4. The highest BCUT2D eigenvalue weighted by Crippen LogP contribution is 2.40. The monoisotopic (exact) mass is 646 g/mol. The average molecular weight is 648 g/mol. The first kappa shape index (κ1) is 36.9. The van der Waals surface area contributed by atoms with E-state index in [1.54, 1.807) is 18.4 Å². The molecule has 0 aliphatic heterocycles. The van der Waals surface area contributed by atoms with E-state index in [2.05, 4.69) is 96.4 Å². The maximum Gasteiger partial charge on any atom is 0.134 e. The third-order valence-electron chi connectivity index (χ3n) is 7.97. The molecule has 2 N–H and O–H groups in total. The van der Waals surface area contributed by atoms with Crippen molar-refractivity contribution in [3.63, 3.8) is 0 Å². The molecule has 0 saturated heterocycles. The fraction of sp³-hybridized carbons (Fsp3) is 0.429. The number of halogens is 2. The van der Waals surface area contributed by atoms with Gasteiger partial charge in [0.05, 0.1) is 12.7 Å². The average Bonchev–Trinajstić information content (AvgIpc) is 3.54. The Balaban J connectivity index is 0.000000287. The van der Waals surface area contributed by atoms with E-state index in [-0.39, 0.29) is 36.8 Å². The molecule has 1 saturated carbocycles. The van der Waals surface area contributed by atoms with E-state index >= 15 is 0 Å². The zero-order valence-electron chi connectivity index (χ0n) is 25.8. The highest BCUT2D eigenvalue weighted by atomic mass is 35.5. The van der Waals surface area contributed by atoms with Crippen LogP contribution in [0, 0.1) is 0 Å². The normalized spacial score (nSPS) is 15.3. The van der Waals surface area contributed by atoms with E-state index in [0.717, 1.165) is 56.7 Å². The smallest absolute Gasteiger partial charge is 0.134 e. The Hall–Kier alpha value is -2.32. The predicted molar refractivity (Wildman–Crippen MR) is 187 cm³/mol. The van der Waals surface area contributed by atoms with Gasteiger partial charge in [0.25, 0.3) is 0 Å². The van der Waals surface area contributed by atoms with Crippen LogP contribution < -0.4 is 14.8 Å². The Kier molecular flexibility index (Phi) is 15.8. The van der Waals surface area contributed by atoms with Crippen molar-refractivity contribution in [2.45, 2.75) is 56.1 Å². The molecule has 43 heavy (non-hydrogen) atoms. The fourth-order valence-electron chi connectivity index (χ4n) is 5.76. The van der Waals surface area contributed by atoms with Crippen molar-refractivity contribution in [3.05, 3.63) is 94.7 Å². The molecule has 0 bridgehead atoms. The molecule has 3 aromatic carbocycles. The van der Waals surface area contributed by atoms with Gasteiger partial charge in [-0.05, 0) is 81.1 Å². The summed E-state index contributed by atoms with van der Waals surface area (Å²) in [5, 5.41) is 18.8. The molecule has 5 rings (SSSR count). The number of ether oxygens (including phenoxy) is 2. The number of hydrogen-bond acceptors (Lipinski definition) is 6. The first-order chi connectivity index (χ1) is 19.9. The van der Waals surface area contributed by atoms with E-state index in [0.29, 0.717) is 0 Å². The summed E-state index contributed by atoms with van der Waals surface area (Å²) in [7, 11) is 7.80. The maximum atomic E-state index is 11.1. The largest absolute Gasteiger partial charge is 0.497 e. The van der Waals surface area contributed by atoms with Crippen LogP contribution in [-0.2, 0) is 0 Å². The summed E-state index contributed by atoms with van der Waals surface area (Å²) in [6, 6.07) is 27.0. The van der Waals surface area contributed by atoms with Crippen LogP contribution in [0.15, 0.2) is 84.2 Å². The van der Waals surface area contributed by atoms with Crippen LogP contribution in [0.4, 0.5) is 0 Å². The molecule has 2 atom stereocenters. The predicted octanol–water partition coefficient (Wildman–Crippen LogP) is 8.51. The number of likely N-dealkylation sites (N-methyl/N-ethyl adjacent to an activating group) is 1. The molecule has 1 aliphatic carbocycles. The topological polar surface area (TPSA) is 54.0 Å². The Labute approximate surface area is 274 Å². The van der Waals surface area contributed by atoms with Gasteiger partial charge in [0.1, 0.15) is 17.6 Å². The number of thiophene rings is 1. The van der Waals surface area contributed by atoms with E-state index < -0.39 is 5.60 Å². The van der Waals surface area contributed by atoms with Gasteiger partial charge in [0.15, 0.2) is 0 Å². The minimum atomic E-state index is -0.558. The van der Waals surface area contributed by atoms with Gasteiger partial charge >= 0.3 is 0 Å². The number of aliphatic hydroxyl groups is 1. The zero-order valence-corrected chi connectivity index (χ0v) is 28.3. The summed E-state index contributed by atoms with van der Waals surface area (Å²) in [5.74, 6) is 2.00. The van der Waals surface area contributed by atoms with Crippen molar-refractivity contribution in [1.82, 2.24) is 10.2 Å². The van der Waals surface area contributed by atoms with Crippen LogP contribution in [0.25, 0.3) is 10.8 Å². The summed E-state index contributed by atoms with van der Waals surface area (Å²) in [6.07, 6.45) is 6.41. The first-order valence-corrected chi connectivity index (χ1v) is 15.6. The number of nitrogens with one attached hydrogen (secondary N) is 1. The van der Waals surface area contributed by atoms with E-state index in [4.69, 9.17) is 9.47 Å². The molecular formula is C35H48Cl2N2O3S. The van der Waals surface area contributed by atoms with Crippen molar-refractivity contribution < 1.29 is 14.6 Å². The number of benzene rings is 3. The second kappa shape index (κ2) is 18.5. The molecule has 1 unspecified atom stereocenters. The Morgan fingerprint density at radius 3 is 2.23 bits per heavy atom. The SMILES string of the molecule is CNCC[C@H](Oc1cccc2ccccc12)c1cccs1.COc1ccc(C(CN(C)C)C2(O)CCCCC2)cc1.Cl.Cl. The molecule has 236 valence electrons. The quantitative estimate of drug-likeness (QED) is 0.171. The van der Waals surface area contributed by atoms with Crippen molar-refractivity contribution in [2.24, 2.45) is 0 Å². The molecule has 1 fully saturated rings. The fourth-order valence-corrected chi connectivity index (χ4v) is 6.55. The lowest BCUT2D eigenvalue weighted by Crippen LogP contribution is -2.42. The molecule has 4 aromatic rings. The zero-order chi connectivity index (χ0) is 29.1. The van der Waals surface area contributed by atoms with Crippen molar-refractivity contribution in [3.8, 4) is 11.5 Å². The van der Waals surface area contributed by atoms with E-state index in [1.165, 1.54) is 27.6 Å². The molecule has 1 aromatic heterocycles. The molecule has 8 heteroatoms. The molecule has 1 heterocycles. The van der Waals surface area contributed by atoms with Gasteiger partial charge in [-0.25, -0.2) is 0 Å². The standard InChI is InChI=1S/C18H19NOS.C17H27NO2.2ClH/c1-19-12-11-17(18-10-5-13-21-18)20-16-9-4-7-14-6-2-3-8-15(14)16;1-18(2)13-16(17(19)11-5-4-6-12-17)14-7-9-15(20-3)10-8-14;;/h2-10,13,17,19H,11-12H2,1H3;7-10,16,19H,4-6,11-13H2,1-3H3;2*1H/t17-;;;/m0.../s1. The summed E-state index contributed by atoms with van der Waals surface area (Å²) in [4.78, 5) is 3.44. The van der Waals surface area contributed by atoms with Gasteiger partial charge in [-0.2, -0.15) is 0 Å². The lowest BCUT2D eigenvalue weighted by Gasteiger charge is -2.40. The van der Waals surface area contributed by atoms with Gasteiger partial charge in [0.2, 0.25) is 0 Å². The Morgan fingerprint density at radius 2 is 1.60 bits per heavy atom. The van der Waals surface area contributed by atoms with Crippen molar-refractivity contribution in [1.29, 1.82) is 0 Å². The Morgan fingerprint density at radius 1 is 0.907 bits per heavy atom. The molecule has 5 nitrogen and oxygen atoms in total. The molecular weight excluding hydrogens is 599 g/mol. The van der Waals surface area contributed by atoms with Gasteiger partial charge < -0.3 is 24.8 Å². The summed E-state index contributed by atoms with van der Waals surface area (Å²) >= 11 is 1.75. The molecule has 0 amide bonds. The van der Waals surface area contributed by atoms with Gasteiger partial charge in [-0.15, -0.1) is 36.2 Å². The highest BCUT2D eigenvalue weighted by Gasteiger charge is 2.38. The lowest BCUT2D eigenvalue weighted by molar-refractivity contribution is -0.0277. The second-order valence-corrected chi connectivity index (χ2v) is 12.2. The summed E-state index contributed by atoms with van der Waals surface area (Å²) in [6.45, 7) is 1.82.